The average Bonchev–Trinajstić information content (AvgIpc) is 3.29. The number of carbonyl (C=O) groups excluding carboxylic acids is 2. The van der Waals surface area contributed by atoms with Gasteiger partial charge >= 0.3 is 27.6 Å². The molecule has 0 saturated heterocycles. The maximum absolute atomic E-state index is 12.2. The topological polar surface area (TPSA) is 225 Å². The molecule has 5 atom stereocenters. The molecule has 0 amide bonds. The molecule has 0 aliphatic carbocycles. The van der Waals surface area contributed by atoms with Crippen LogP contribution < -0.4 is 0 Å². The number of esters is 2. The largest absolute Gasteiger partial charge is 0.472 e. The quantitative estimate of drug-likeness (QED) is 0.0165. The predicted octanol–water partition coefficient (Wildman–Crippen LogP) is 12.1. The lowest BCUT2D eigenvalue weighted by atomic mass is 10.0. The van der Waals surface area contributed by atoms with Crippen LogP contribution in [0, 0.1) is 0 Å². The van der Waals surface area contributed by atoms with Gasteiger partial charge in [-0.1, -0.05) is 199 Å². The molecule has 17 heteroatoms. The fourth-order valence-electron chi connectivity index (χ4n) is 6.91. The van der Waals surface area contributed by atoms with Crippen molar-refractivity contribution in [2.45, 2.75) is 238 Å². The van der Waals surface area contributed by atoms with Gasteiger partial charge in [0.1, 0.15) is 31.5 Å². The molecule has 0 spiro atoms. The normalized spacial score (nSPS) is 15.2. The second-order valence-corrected chi connectivity index (χ2v) is 20.4. The Balaban J connectivity index is 3.85. The van der Waals surface area contributed by atoms with Crippen molar-refractivity contribution >= 4 is 27.6 Å². The lowest BCUT2D eigenvalue weighted by Gasteiger charge is -2.19. The van der Waals surface area contributed by atoms with Gasteiger partial charge in [0.25, 0.3) is 0 Å². The summed E-state index contributed by atoms with van der Waals surface area (Å²) in [7, 11) is -9.58. The highest BCUT2D eigenvalue weighted by Crippen LogP contribution is 2.45. The fraction of sp³-hybridized carbons (Fsp3) is 0.878. The minimum Gasteiger partial charge on any atom is -0.463 e. The first kappa shape index (κ1) is 64.5. The highest BCUT2D eigenvalue weighted by Gasteiger charge is 2.28. The lowest BCUT2D eigenvalue weighted by Crippen LogP contribution is -2.25. The van der Waals surface area contributed by atoms with Crippen molar-refractivity contribution in [3.05, 3.63) is 24.3 Å². The third kappa shape index (κ3) is 47.6. The Labute approximate surface area is 399 Å². The summed E-state index contributed by atoms with van der Waals surface area (Å²) in [6.07, 6.45) is 40.5. The SMILES string of the molecule is CCCCCCCC/C=C\C/C=C/CCC(=O)OCC(O)COP(=O)(O)OCC(O)COP(=O)(O)OCC(O)COC(=O)CCCCCCCCCCCCCCCCCCCCCCC. The van der Waals surface area contributed by atoms with Crippen LogP contribution in [0.3, 0.4) is 0 Å². The maximum Gasteiger partial charge on any atom is 0.472 e. The van der Waals surface area contributed by atoms with Crippen molar-refractivity contribution < 1.29 is 71.4 Å². The van der Waals surface area contributed by atoms with E-state index in [0.29, 0.717) is 12.8 Å². The Morgan fingerprint density at radius 3 is 1.05 bits per heavy atom. The Morgan fingerprint density at radius 2 is 0.682 bits per heavy atom. The molecule has 0 fully saturated rings. The standard InChI is InChI=1S/C49H94O15P2/c1-3-5-7-9-11-13-15-17-18-19-20-21-22-23-24-26-28-30-32-34-36-38-49(54)60-40-46(51)42-62-66(57,58)64-44-47(52)43-63-65(55,56)61-41-45(50)39-59-48(53)37-35-33-31-29-27-25-16-14-12-10-8-6-4-2/h25,27,31,33,45-47,50-52H,3-24,26,28-30,32,34-44H2,1-2H3,(H,55,56)(H,57,58)/b27-25-,33-31+. The Kier molecular flexibility index (Phi) is 44.9. The number of phosphoric acid groups is 2. The van der Waals surface area contributed by atoms with Crippen molar-refractivity contribution in [2.75, 3.05) is 39.6 Å². The molecule has 66 heavy (non-hydrogen) atoms. The van der Waals surface area contributed by atoms with Gasteiger partial charge < -0.3 is 34.6 Å². The zero-order valence-corrected chi connectivity index (χ0v) is 42.9. The molecule has 0 aliphatic rings. The zero-order chi connectivity index (χ0) is 48.8. The molecule has 0 saturated carbocycles. The Hall–Kier alpha value is -1.48. The van der Waals surface area contributed by atoms with Crippen LogP contribution in [0.5, 0.6) is 0 Å². The van der Waals surface area contributed by atoms with Crippen LogP contribution in [0.15, 0.2) is 24.3 Å². The Bertz CT molecular complexity index is 1280. The highest BCUT2D eigenvalue weighted by molar-refractivity contribution is 7.47. The van der Waals surface area contributed by atoms with Crippen LogP contribution in [0.2, 0.25) is 0 Å². The molecule has 0 rings (SSSR count). The van der Waals surface area contributed by atoms with Gasteiger partial charge in [0, 0.05) is 12.8 Å². The molecule has 0 bridgehead atoms. The lowest BCUT2D eigenvalue weighted by molar-refractivity contribution is -0.148. The Morgan fingerprint density at radius 1 is 0.394 bits per heavy atom. The number of hydrogen-bond acceptors (Lipinski definition) is 13. The average molecular weight is 985 g/mol. The second-order valence-electron chi connectivity index (χ2n) is 17.5. The number of unbranched alkanes of at least 4 members (excludes halogenated alkanes) is 26. The van der Waals surface area contributed by atoms with E-state index < -0.39 is 85.5 Å². The second kappa shape index (κ2) is 45.9. The molecule has 0 radical (unpaired) electrons. The molecule has 0 aliphatic heterocycles. The van der Waals surface area contributed by atoms with Crippen LogP contribution in [-0.2, 0) is 46.3 Å². The van der Waals surface area contributed by atoms with E-state index in [0.717, 1.165) is 32.1 Å². The summed E-state index contributed by atoms with van der Waals surface area (Å²) >= 11 is 0. The van der Waals surface area contributed by atoms with E-state index in [1.807, 2.05) is 12.2 Å². The van der Waals surface area contributed by atoms with Gasteiger partial charge in [0.05, 0.1) is 26.4 Å². The highest BCUT2D eigenvalue weighted by atomic mass is 31.2. The predicted molar refractivity (Wildman–Crippen MR) is 261 cm³/mol. The van der Waals surface area contributed by atoms with Crippen molar-refractivity contribution in [3.63, 3.8) is 0 Å². The number of phosphoric ester groups is 2. The van der Waals surface area contributed by atoms with Crippen molar-refractivity contribution in [1.82, 2.24) is 0 Å². The van der Waals surface area contributed by atoms with E-state index in [4.69, 9.17) is 14.0 Å². The maximum atomic E-state index is 12.2. The molecule has 390 valence electrons. The first-order chi connectivity index (χ1) is 31.8. The first-order valence-corrected chi connectivity index (χ1v) is 28.7. The van der Waals surface area contributed by atoms with E-state index in [1.165, 1.54) is 148 Å². The molecule has 15 nitrogen and oxygen atoms in total. The van der Waals surface area contributed by atoms with Crippen LogP contribution in [-0.4, -0.2) is 95.0 Å². The van der Waals surface area contributed by atoms with E-state index in [1.54, 1.807) is 0 Å². The molecular formula is C49H94O15P2. The number of ether oxygens (including phenoxy) is 2. The van der Waals surface area contributed by atoms with Gasteiger partial charge in [-0.25, -0.2) is 9.13 Å². The molecule has 0 aromatic carbocycles. The van der Waals surface area contributed by atoms with Crippen LogP contribution in [0.25, 0.3) is 0 Å². The number of aliphatic hydroxyl groups is 3. The fourth-order valence-corrected chi connectivity index (χ4v) is 8.51. The summed E-state index contributed by atoms with van der Waals surface area (Å²) in [6.45, 7) is 0.380. The van der Waals surface area contributed by atoms with Gasteiger partial charge in [-0.3, -0.25) is 27.7 Å². The number of aliphatic hydroxyl groups excluding tert-OH is 3. The van der Waals surface area contributed by atoms with Crippen LogP contribution in [0.4, 0.5) is 0 Å². The van der Waals surface area contributed by atoms with Gasteiger partial charge in [-0.05, 0) is 32.1 Å². The van der Waals surface area contributed by atoms with E-state index in [-0.39, 0.29) is 12.8 Å². The summed E-state index contributed by atoms with van der Waals surface area (Å²) in [5.74, 6) is -1.05. The number of rotatable bonds is 50. The van der Waals surface area contributed by atoms with Crippen LogP contribution >= 0.6 is 15.6 Å². The third-order valence-corrected chi connectivity index (χ3v) is 12.8. The monoisotopic (exact) mass is 985 g/mol. The van der Waals surface area contributed by atoms with Crippen molar-refractivity contribution in [1.29, 1.82) is 0 Å². The van der Waals surface area contributed by atoms with Gasteiger partial charge in [0.2, 0.25) is 0 Å². The molecular weight excluding hydrogens is 890 g/mol. The summed E-state index contributed by atoms with van der Waals surface area (Å²) < 4.78 is 53.0. The third-order valence-electron chi connectivity index (χ3n) is 10.9. The summed E-state index contributed by atoms with van der Waals surface area (Å²) in [6, 6.07) is 0. The number of allylic oxidation sites excluding steroid dienone is 4. The number of hydrogen-bond donors (Lipinski definition) is 5. The van der Waals surface area contributed by atoms with Gasteiger partial charge in [0.15, 0.2) is 0 Å². The first-order valence-electron chi connectivity index (χ1n) is 25.7. The molecule has 0 aromatic heterocycles. The van der Waals surface area contributed by atoms with Crippen molar-refractivity contribution in [2.24, 2.45) is 0 Å². The summed E-state index contributed by atoms with van der Waals surface area (Å²) in [4.78, 5) is 43.7. The number of carbonyl (C=O) groups is 2. The molecule has 0 heterocycles. The van der Waals surface area contributed by atoms with E-state index >= 15 is 0 Å². The summed E-state index contributed by atoms with van der Waals surface area (Å²) in [5.41, 5.74) is 0. The zero-order valence-electron chi connectivity index (χ0n) is 41.1. The molecule has 5 unspecified atom stereocenters. The van der Waals surface area contributed by atoms with E-state index in [9.17, 15) is 43.8 Å². The van der Waals surface area contributed by atoms with Gasteiger partial charge in [-0.15, -0.1) is 0 Å². The van der Waals surface area contributed by atoms with E-state index in [2.05, 4.69) is 39.6 Å². The molecule has 5 N–H and O–H groups in total. The molecule has 0 aromatic rings. The smallest absolute Gasteiger partial charge is 0.463 e. The van der Waals surface area contributed by atoms with Crippen molar-refractivity contribution in [3.8, 4) is 0 Å². The minimum absolute atomic E-state index is 0.0919. The summed E-state index contributed by atoms with van der Waals surface area (Å²) in [5, 5.41) is 30.0. The minimum atomic E-state index is -4.79. The van der Waals surface area contributed by atoms with Gasteiger partial charge in [-0.2, -0.15) is 0 Å². The van der Waals surface area contributed by atoms with Crippen LogP contribution in [0.1, 0.15) is 219 Å².